The average Bonchev–Trinajstić information content (AvgIpc) is 3.89. The van der Waals surface area contributed by atoms with Gasteiger partial charge in [0.05, 0.1) is 44.8 Å². The summed E-state index contributed by atoms with van der Waals surface area (Å²) in [6.07, 6.45) is 2.61. The standard InChI is InChI=1S/C58H76B4N2O11/c1-21-30(22-2)63-29-36-37(59-68-51(5,6)52(7,8)69-59)25-32-34-27-39(61-72-55(13,14)56(15,16)73-61)45-47-42(34)35(33-26-38(44(48(63)65)43(36)41(32)33)60-70-53(9,10)54(11,12)71-60)28-40(62-74-57(17,18)58(19,20)75-62)46(47)50(67)64(49(45)66)31(23-3)24-4/h25-28,30-31H,21-24,29H2,1-20H3. The van der Waals surface area contributed by atoms with Crippen LogP contribution in [0.4, 0.5) is 0 Å². The third-order valence-electron chi connectivity index (χ3n) is 20.0. The Balaban J connectivity index is 1.38. The highest BCUT2D eigenvalue weighted by Crippen LogP contribution is 2.50. The number of amides is 3. The number of imide groups is 1. The lowest BCUT2D eigenvalue weighted by Gasteiger charge is -2.38. The van der Waals surface area contributed by atoms with Crippen molar-refractivity contribution in [2.24, 2.45) is 0 Å². The highest BCUT2D eigenvalue weighted by Gasteiger charge is 2.59. The van der Waals surface area contributed by atoms with E-state index in [-0.39, 0.29) is 11.9 Å². The van der Waals surface area contributed by atoms with Crippen molar-refractivity contribution in [2.75, 3.05) is 0 Å². The molecule has 6 heterocycles. The smallest absolute Gasteiger partial charge is 0.399 e. The van der Waals surface area contributed by atoms with E-state index >= 15 is 14.4 Å². The van der Waals surface area contributed by atoms with Crippen molar-refractivity contribution >= 4 is 111 Å². The van der Waals surface area contributed by atoms with Crippen LogP contribution in [0.15, 0.2) is 24.3 Å². The van der Waals surface area contributed by atoms with Crippen LogP contribution in [0.25, 0.3) is 43.1 Å². The molecule has 13 nitrogen and oxygen atoms in total. The largest absolute Gasteiger partial charge is 0.495 e. The molecule has 5 aromatic rings. The monoisotopic (exact) mass is 1020 g/mol. The number of carbonyl (C=O) groups is 3. The van der Waals surface area contributed by atoms with Crippen LogP contribution >= 0.6 is 0 Å². The molecule has 0 atom stereocenters. The van der Waals surface area contributed by atoms with Gasteiger partial charge in [0, 0.05) is 40.7 Å². The van der Waals surface area contributed by atoms with Gasteiger partial charge in [-0.15, -0.1) is 0 Å². The Hall–Kier alpha value is -4.05. The number of hydrogen-bond acceptors (Lipinski definition) is 11. The number of fused-ring (bicyclic) bond motifs is 2. The first-order chi connectivity index (χ1) is 34.7. The summed E-state index contributed by atoms with van der Waals surface area (Å²) in [5, 5.41) is 5.93. The normalized spacial score (nSPS) is 23.9. The number of carbonyl (C=O) groups excluding carboxylic acids is 3. The summed E-state index contributed by atoms with van der Waals surface area (Å²) in [7, 11) is -3.77. The minimum atomic E-state index is -1.00. The molecule has 17 heteroatoms. The molecule has 5 aromatic carbocycles. The highest BCUT2D eigenvalue weighted by atomic mass is 16.7. The first kappa shape index (κ1) is 53.0. The van der Waals surface area contributed by atoms with E-state index in [4.69, 9.17) is 37.2 Å². The summed E-state index contributed by atoms with van der Waals surface area (Å²) in [5.74, 6) is -0.920. The minimum absolute atomic E-state index is 0.0679. The second-order valence-electron chi connectivity index (χ2n) is 26.4. The van der Waals surface area contributed by atoms with Gasteiger partial charge in [-0.25, -0.2) is 0 Å². The van der Waals surface area contributed by atoms with Crippen molar-refractivity contribution in [2.45, 2.75) is 228 Å². The number of rotatable bonds is 10. The Kier molecular flexibility index (Phi) is 11.7. The molecule has 396 valence electrons. The zero-order chi connectivity index (χ0) is 54.6. The zero-order valence-corrected chi connectivity index (χ0v) is 48.2. The molecule has 6 aliphatic rings. The Bertz CT molecular complexity index is 3130. The second kappa shape index (κ2) is 16.5. The van der Waals surface area contributed by atoms with Crippen molar-refractivity contribution in [3.63, 3.8) is 0 Å². The van der Waals surface area contributed by atoms with Gasteiger partial charge in [0.1, 0.15) is 0 Å². The van der Waals surface area contributed by atoms with Gasteiger partial charge < -0.3 is 42.1 Å². The molecule has 0 unspecified atom stereocenters. The van der Waals surface area contributed by atoms with Gasteiger partial charge in [0.15, 0.2) is 0 Å². The van der Waals surface area contributed by atoms with Gasteiger partial charge in [0.25, 0.3) is 17.7 Å². The minimum Gasteiger partial charge on any atom is -0.399 e. The molecule has 6 aliphatic heterocycles. The Morgan fingerprint density at radius 3 is 0.960 bits per heavy atom. The summed E-state index contributed by atoms with van der Waals surface area (Å²) in [6, 6.07) is 7.89. The maximum Gasteiger partial charge on any atom is 0.495 e. The molecule has 0 aliphatic carbocycles. The molecule has 11 rings (SSSR count). The van der Waals surface area contributed by atoms with Gasteiger partial charge >= 0.3 is 28.5 Å². The van der Waals surface area contributed by atoms with Crippen molar-refractivity contribution in [3.8, 4) is 0 Å². The van der Waals surface area contributed by atoms with E-state index in [0.717, 1.165) is 56.2 Å². The Morgan fingerprint density at radius 1 is 0.387 bits per heavy atom. The van der Waals surface area contributed by atoms with Crippen LogP contribution < -0.4 is 21.9 Å². The van der Waals surface area contributed by atoms with E-state index in [1.54, 1.807) is 0 Å². The molecular formula is C58H76B4N2O11. The van der Waals surface area contributed by atoms with E-state index < -0.39 is 91.1 Å². The molecule has 0 radical (unpaired) electrons. The average molecular weight is 1020 g/mol. The van der Waals surface area contributed by atoms with Crippen LogP contribution in [-0.4, -0.2) is 113 Å². The van der Waals surface area contributed by atoms with Gasteiger partial charge in [-0.3, -0.25) is 19.3 Å². The zero-order valence-electron chi connectivity index (χ0n) is 48.2. The summed E-state index contributed by atoms with van der Waals surface area (Å²) >= 11 is 0. The maximum absolute atomic E-state index is 15.9. The lowest BCUT2D eigenvalue weighted by atomic mass is 9.64. The van der Waals surface area contributed by atoms with Crippen molar-refractivity contribution in [1.82, 2.24) is 9.80 Å². The van der Waals surface area contributed by atoms with Gasteiger partial charge in [-0.05, 0) is 202 Å². The maximum atomic E-state index is 15.9. The summed E-state index contributed by atoms with van der Waals surface area (Å²) in [4.78, 5) is 51.2. The van der Waals surface area contributed by atoms with Crippen LogP contribution in [0.3, 0.4) is 0 Å². The van der Waals surface area contributed by atoms with Gasteiger partial charge in [-0.1, -0.05) is 52.0 Å². The predicted molar refractivity (Wildman–Crippen MR) is 300 cm³/mol. The topological polar surface area (TPSA) is 132 Å². The number of benzene rings is 5. The van der Waals surface area contributed by atoms with Crippen LogP contribution in [0.1, 0.15) is 201 Å². The van der Waals surface area contributed by atoms with Crippen LogP contribution in [0.2, 0.25) is 0 Å². The summed E-state index contributed by atoms with van der Waals surface area (Å²) in [5.41, 5.74) is -1.46. The molecule has 0 spiro atoms. The van der Waals surface area contributed by atoms with E-state index in [2.05, 4.69) is 65.8 Å². The molecule has 0 aromatic heterocycles. The third kappa shape index (κ3) is 7.19. The van der Waals surface area contributed by atoms with Crippen molar-refractivity contribution in [3.05, 3.63) is 46.5 Å². The first-order valence-electron chi connectivity index (χ1n) is 27.7. The summed E-state index contributed by atoms with van der Waals surface area (Å²) in [6.45, 7) is 40.9. The highest BCUT2D eigenvalue weighted by molar-refractivity contribution is 6.70. The lowest BCUT2D eigenvalue weighted by Crippen LogP contribution is -2.53. The van der Waals surface area contributed by atoms with Crippen LogP contribution in [-0.2, 0) is 43.8 Å². The third-order valence-corrected chi connectivity index (χ3v) is 20.0. The molecule has 0 saturated carbocycles. The molecule has 4 fully saturated rings. The predicted octanol–water partition coefficient (Wildman–Crippen LogP) is 8.86. The number of nitrogens with zero attached hydrogens (tertiary/aromatic N) is 2. The fourth-order valence-corrected chi connectivity index (χ4v) is 12.5. The van der Waals surface area contributed by atoms with E-state index in [1.807, 2.05) is 102 Å². The van der Waals surface area contributed by atoms with E-state index in [0.29, 0.717) is 63.2 Å². The lowest BCUT2D eigenvalue weighted by molar-refractivity contribution is 0.00578. The van der Waals surface area contributed by atoms with E-state index in [9.17, 15) is 0 Å². The number of hydrogen-bond donors (Lipinski definition) is 0. The molecule has 0 bridgehead atoms. The van der Waals surface area contributed by atoms with Crippen molar-refractivity contribution in [1.29, 1.82) is 0 Å². The first-order valence-corrected chi connectivity index (χ1v) is 27.7. The van der Waals surface area contributed by atoms with Crippen LogP contribution in [0, 0.1) is 0 Å². The van der Waals surface area contributed by atoms with Gasteiger partial charge in [0.2, 0.25) is 0 Å². The Morgan fingerprint density at radius 2 is 0.653 bits per heavy atom. The van der Waals surface area contributed by atoms with E-state index in [1.165, 1.54) is 4.90 Å². The molecular weight excluding hydrogens is 944 g/mol. The Labute approximate surface area is 444 Å². The fourth-order valence-electron chi connectivity index (χ4n) is 12.5. The molecule has 0 N–H and O–H groups in total. The van der Waals surface area contributed by atoms with Crippen LogP contribution in [0.5, 0.6) is 0 Å². The quantitative estimate of drug-likeness (QED) is 0.0576. The molecule has 75 heavy (non-hydrogen) atoms. The fraction of sp³-hybridized carbons (Fsp3) is 0.603. The van der Waals surface area contributed by atoms with Crippen molar-refractivity contribution < 1.29 is 51.6 Å². The summed E-state index contributed by atoms with van der Waals surface area (Å²) < 4.78 is 55.8. The SMILES string of the molecule is CCC(CC)N1Cc2c(B3OC(C)(C)C(C)(C)O3)cc3c4cc(B5OC(C)(C)C(C)(C)O5)c5c6c(c(B7OC(C)(C)C(C)(C)O7)cc(c7cc(B8OC(C)(C)C(C)(C)O8)c(c2c37)C1=O)c64)C(=O)N(C(CC)CC)C5=O. The molecule has 4 saturated heterocycles. The van der Waals surface area contributed by atoms with Gasteiger partial charge in [-0.2, -0.15) is 0 Å². The molecule has 3 amide bonds. The second-order valence-corrected chi connectivity index (χ2v) is 26.4.